The number of piperidine rings is 1. The highest BCUT2D eigenvalue weighted by Crippen LogP contribution is 2.33. The number of sulfone groups is 1. The van der Waals surface area contributed by atoms with Gasteiger partial charge < -0.3 is 4.90 Å². The van der Waals surface area contributed by atoms with E-state index < -0.39 is 15.6 Å². The molecule has 0 N–H and O–H groups in total. The van der Waals surface area contributed by atoms with E-state index >= 15 is 0 Å². The molecule has 3 rings (SSSR count). The minimum atomic E-state index is -3.83. The average molecular weight is 476 g/mol. The third kappa shape index (κ3) is 4.88. The van der Waals surface area contributed by atoms with Crippen LogP contribution in [0, 0.1) is 0 Å². The second-order valence-electron chi connectivity index (χ2n) is 7.31. The van der Waals surface area contributed by atoms with Gasteiger partial charge in [0.25, 0.3) is 5.91 Å². The lowest BCUT2D eigenvalue weighted by atomic mass is 9.97. The molecule has 2 atom stereocenters. The van der Waals surface area contributed by atoms with Crippen LogP contribution in [0.25, 0.3) is 0 Å². The Morgan fingerprint density at radius 2 is 1.69 bits per heavy atom. The maximum absolute atomic E-state index is 13.0. The molecule has 1 aliphatic rings. The van der Waals surface area contributed by atoms with Crippen LogP contribution in [0.3, 0.4) is 0 Å². The van der Waals surface area contributed by atoms with E-state index in [0.717, 1.165) is 19.3 Å². The Morgan fingerprint density at radius 3 is 2.34 bits per heavy atom. The van der Waals surface area contributed by atoms with Crippen molar-refractivity contribution in [3.05, 3.63) is 56.8 Å². The van der Waals surface area contributed by atoms with Gasteiger partial charge in [-0.25, -0.2) is 13.4 Å². The summed E-state index contributed by atoms with van der Waals surface area (Å²) in [5.74, 6) is -0.590. The summed E-state index contributed by atoms with van der Waals surface area (Å²) in [4.78, 5) is 19.0. The van der Waals surface area contributed by atoms with Gasteiger partial charge in [-0.05, 0) is 57.4 Å². The predicted octanol–water partition coefficient (Wildman–Crippen LogP) is 5.42. The molecule has 1 aromatic carbocycles. The first-order valence-corrected chi connectivity index (χ1v) is 12.0. The molecule has 2 heterocycles. The Kier molecular flexibility index (Phi) is 6.78. The van der Waals surface area contributed by atoms with Crippen molar-refractivity contribution in [3.8, 4) is 0 Å². The maximum atomic E-state index is 13.0. The number of halogens is 3. The summed E-state index contributed by atoms with van der Waals surface area (Å²) in [6.07, 6.45) is 2.97. The summed E-state index contributed by atoms with van der Waals surface area (Å²) >= 11 is 17.9. The molecule has 0 saturated carbocycles. The molecule has 0 radical (unpaired) electrons. The fourth-order valence-corrected chi connectivity index (χ4v) is 5.97. The van der Waals surface area contributed by atoms with Crippen LogP contribution < -0.4 is 0 Å². The quantitative estimate of drug-likeness (QED) is 0.554. The number of rotatable bonds is 4. The summed E-state index contributed by atoms with van der Waals surface area (Å²) in [5, 5.41) is 0.258. The fourth-order valence-electron chi connectivity index (χ4n) is 3.65. The Morgan fingerprint density at radius 1 is 1.07 bits per heavy atom. The topological polar surface area (TPSA) is 67.3 Å². The first-order chi connectivity index (χ1) is 13.6. The lowest BCUT2D eigenvalue weighted by molar-refractivity contribution is 0.0504. The van der Waals surface area contributed by atoms with Crippen molar-refractivity contribution in [2.24, 2.45) is 0 Å². The lowest BCUT2D eigenvalue weighted by Gasteiger charge is -2.38. The largest absolute Gasteiger partial charge is 0.332 e. The van der Waals surface area contributed by atoms with Crippen molar-refractivity contribution >= 4 is 50.5 Å². The van der Waals surface area contributed by atoms with Crippen LogP contribution in [0.4, 0.5) is 0 Å². The number of aromatic nitrogens is 1. The zero-order chi connectivity index (χ0) is 21.3. The van der Waals surface area contributed by atoms with Crippen molar-refractivity contribution in [1.82, 2.24) is 9.88 Å². The van der Waals surface area contributed by atoms with Gasteiger partial charge in [-0.2, -0.15) is 0 Å². The van der Waals surface area contributed by atoms with E-state index in [0.29, 0.717) is 0 Å². The number of benzene rings is 1. The highest BCUT2D eigenvalue weighted by molar-refractivity contribution is 7.90. The molecule has 0 aliphatic carbocycles. The van der Waals surface area contributed by atoms with Crippen molar-refractivity contribution in [3.63, 3.8) is 0 Å². The molecule has 1 aliphatic heterocycles. The SMILES string of the molecule is CC1CCCC(C)N1C(=O)c1cccc(CS(=O)(=O)c2cc(Cl)c(Cl)cc2Cl)n1. The number of nitrogens with zero attached hydrogens (tertiary/aromatic N) is 2. The average Bonchev–Trinajstić information content (AvgIpc) is 2.64. The molecule has 0 spiro atoms. The van der Waals surface area contributed by atoms with Gasteiger partial charge in [0.15, 0.2) is 9.84 Å². The second kappa shape index (κ2) is 8.80. The van der Waals surface area contributed by atoms with Gasteiger partial charge in [0.05, 0.1) is 31.4 Å². The maximum Gasteiger partial charge on any atom is 0.272 e. The number of amides is 1. The van der Waals surface area contributed by atoms with E-state index in [-0.39, 0.29) is 49.3 Å². The van der Waals surface area contributed by atoms with Crippen LogP contribution in [0.1, 0.15) is 49.3 Å². The molecule has 5 nitrogen and oxygen atoms in total. The summed E-state index contributed by atoms with van der Waals surface area (Å²) in [7, 11) is -3.83. The van der Waals surface area contributed by atoms with Gasteiger partial charge in [0.2, 0.25) is 0 Å². The van der Waals surface area contributed by atoms with Gasteiger partial charge in [-0.15, -0.1) is 0 Å². The molecule has 29 heavy (non-hydrogen) atoms. The van der Waals surface area contributed by atoms with Crippen molar-refractivity contribution in [1.29, 1.82) is 0 Å². The van der Waals surface area contributed by atoms with Gasteiger partial charge in [0, 0.05) is 12.1 Å². The second-order valence-corrected chi connectivity index (χ2v) is 10.5. The van der Waals surface area contributed by atoms with E-state index in [1.54, 1.807) is 18.2 Å². The van der Waals surface area contributed by atoms with Crippen molar-refractivity contribution in [2.75, 3.05) is 0 Å². The zero-order valence-electron chi connectivity index (χ0n) is 16.0. The number of hydrogen-bond acceptors (Lipinski definition) is 4. The van der Waals surface area contributed by atoms with Crippen LogP contribution in [0.2, 0.25) is 15.1 Å². The molecule has 156 valence electrons. The third-order valence-electron chi connectivity index (χ3n) is 5.10. The van der Waals surface area contributed by atoms with Crippen LogP contribution in [0.5, 0.6) is 0 Å². The van der Waals surface area contributed by atoms with Gasteiger partial charge in [-0.3, -0.25) is 4.79 Å². The van der Waals surface area contributed by atoms with E-state index in [1.807, 2.05) is 18.7 Å². The van der Waals surface area contributed by atoms with Crippen LogP contribution in [-0.2, 0) is 15.6 Å². The summed E-state index contributed by atoms with van der Waals surface area (Å²) in [6, 6.07) is 7.59. The first kappa shape index (κ1) is 22.3. The number of carbonyl (C=O) groups excluding carboxylic acids is 1. The van der Waals surface area contributed by atoms with Crippen molar-refractivity contribution in [2.45, 2.75) is 55.8 Å². The molecule has 2 aromatic rings. The molecular weight excluding hydrogens is 455 g/mol. The van der Waals surface area contributed by atoms with Crippen LogP contribution in [-0.4, -0.2) is 36.3 Å². The minimum absolute atomic E-state index is 0.0115. The van der Waals surface area contributed by atoms with E-state index in [9.17, 15) is 13.2 Å². The Balaban J connectivity index is 1.88. The summed E-state index contributed by atoms with van der Waals surface area (Å²) < 4.78 is 25.7. The van der Waals surface area contributed by atoms with Crippen LogP contribution >= 0.6 is 34.8 Å². The third-order valence-corrected chi connectivity index (χ3v) is 7.93. The molecule has 1 amide bonds. The van der Waals surface area contributed by atoms with Crippen LogP contribution in [0.15, 0.2) is 35.2 Å². The Hall–Kier alpha value is -1.34. The van der Waals surface area contributed by atoms with E-state index in [2.05, 4.69) is 4.98 Å². The molecule has 1 fully saturated rings. The molecule has 1 aromatic heterocycles. The normalized spacial score (nSPS) is 20.0. The number of likely N-dealkylation sites (tertiary alicyclic amines) is 1. The Labute approximate surface area is 185 Å². The molecule has 2 unspecified atom stereocenters. The van der Waals surface area contributed by atoms with Gasteiger partial charge >= 0.3 is 0 Å². The standard InChI is InChI=1S/C20H21Cl3N2O3S/c1-12-5-3-6-13(2)25(12)20(26)18-8-4-7-14(24-18)11-29(27,28)19-10-16(22)15(21)9-17(19)23/h4,7-10,12-13H,3,5-6,11H2,1-2H3. The molecule has 9 heteroatoms. The van der Waals surface area contributed by atoms with E-state index in [4.69, 9.17) is 34.8 Å². The smallest absolute Gasteiger partial charge is 0.272 e. The zero-order valence-corrected chi connectivity index (χ0v) is 19.1. The fraction of sp³-hybridized carbons (Fsp3) is 0.400. The van der Waals surface area contributed by atoms with Crippen molar-refractivity contribution < 1.29 is 13.2 Å². The van der Waals surface area contributed by atoms with Gasteiger partial charge in [-0.1, -0.05) is 40.9 Å². The highest BCUT2D eigenvalue weighted by atomic mass is 35.5. The monoisotopic (exact) mass is 474 g/mol. The summed E-state index contributed by atoms with van der Waals surface area (Å²) in [5.41, 5.74) is 0.494. The number of pyridine rings is 1. The highest BCUT2D eigenvalue weighted by Gasteiger charge is 2.30. The van der Waals surface area contributed by atoms with Gasteiger partial charge in [0.1, 0.15) is 5.69 Å². The van der Waals surface area contributed by atoms with E-state index in [1.165, 1.54) is 12.1 Å². The number of carbonyl (C=O) groups is 1. The molecule has 0 bridgehead atoms. The predicted molar refractivity (Wildman–Crippen MR) is 116 cm³/mol. The minimum Gasteiger partial charge on any atom is -0.332 e. The Bertz CT molecular complexity index is 1030. The molecular formula is C20H21Cl3N2O3S. The number of hydrogen-bond donors (Lipinski definition) is 0. The lowest BCUT2D eigenvalue weighted by Crippen LogP contribution is -2.47. The summed E-state index contributed by atoms with van der Waals surface area (Å²) in [6.45, 7) is 4.04. The first-order valence-electron chi connectivity index (χ1n) is 9.26. The molecule has 1 saturated heterocycles.